The van der Waals surface area contributed by atoms with Crippen LogP contribution in [0.25, 0.3) is 0 Å². The van der Waals surface area contributed by atoms with Crippen LogP contribution in [0, 0.1) is 17.2 Å². The highest BCUT2D eigenvalue weighted by Crippen LogP contribution is 2.18. The van der Waals surface area contributed by atoms with E-state index in [1.165, 1.54) is 25.7 Å². The number of nitrogens with zero attached hydrogens (tertiary/aromatic N) is 1. The number of nitrogens with one attached hydrogen (secondary N) is 1. The van der Waals surface area contributed by atoms with E-state index in [1.807, 2.05) is 24.3 Å². The van der Waals surface area contributed by atoms with Crippen molar-refractivity contribution in [1.82, 2.24) is 0 Å². The Bertz CT molecular complexity index is 439. The van der Waals surface area contributed by atoms with E-state index in [0.717, 1.165) is 29.3 Å². The van der Waals surface area contributed by atoms with E-state index in [4.69, 9.17) is 5.26 Å². The lowest BCUT2D eigenvalue weighted by molar-refractivity contribution is 0.472. The fourth-order valence-corrected chi connectivity index (χ4v) is 2.18. The van der Waals surface area contributed by atoms with Crippen molar-refractivity contribution in [3.8, 4) is 6.07 Å². The standard InChI is InChI=1S/C18H26N2/c1-4-5-6-15(2)7-8-16(3)20-18-11-9-17(10-12-18)13-14-19/h9-12,15,20H,3-8,13H2,1-2H3/t15-/m1/s1. The maximum atomic E-state index is 8.64. The first-order valence-corrected chi connectivity index (χ1v) is 7.56. The topological polar surface area (TPSA) is 35.8 Å². The van der Waals surface area contributed by atoms with Crippen LogP contribution in [-0.2, 0) is 6.42 Å². The van der Waals surface area contributed by atoms with Gasteiger partial charge < -0.3 is 5.32 Å². The number of nitriles is 1. The highest BCUT2D eigenvalue weighted by molar-refractivity contribution is 5.49. The molecule has 0 fully saturated rings. The molecule has 0 aliphatic carbocycles. The molecule has 2 nitrogen and oxygen atoms in total. The van der Waals surface area contributed by atoms with E-state index in [1.54, 1.807) is 0 Å². The Hall–Kier alpha value is -1.75. The van der Waals surface area contributed by atoms with Gasteiger partial charge in [0.25, 0.3) is 0 Å². The van der Waals surface area contributed by atoms with Crippen LogP contribution in [0.3, 0.4) is 0 Å². The lowest BCUT2D eigenvalue weighted by Gasteiger charge is -2.13. The van der Waals surface area contributed by atoms with E-state index in [0.29, 0.717) is 6.42 Å². The quantitative estimate of drug-likeness (QED) is 0.662. The molecule has 0 aliphatic rings. The minimum absolute atomic E-state index is 0.468. The number of rotatable bonds is 9. The highest BCUT2D eigenvalue weighted by atomic mass is 14.9. The molecule has 0 saturated carbocycles. The highest BCUT2D eigenvalue weighted by Gasteiger charge is 2.03. The zero-order valence-corrected chi connectivity index (χ0v) is 12.8. The molecule has 0 unspecified atom stereocenters. The third-order valence-corrected chi connectivity index (χ3v) is 3.55. The van der Waals surface area contributed by atoms with Gasteiger partial charge in [-0.25, -0.2) is 0 Å². The van der Waals surface area contributed by atoms with Gasteiger partial charge >= 0.3 is 0 Å². The van der Waals surface area contributed by atoms with Gasteiger partial charge in [0.2, 0.25) is 0 Å². The van der Waals surface area contributed by atoms with E-state index in [2.05, 4.69) is 31.8 Å². The Morgan fingerprint density at radius 2 is 2.00 bits per heavy atom. The molecule has 1 rings (SSSR count). The van der Waals surface area contributed by atoms with Crippen molar-refractivity contribution in [2.45, 2.75) is 52.4 Å². The smallest absolute Gasteiger partial charge is 0.0669 e. The molecule has 1 N–H and O–H groups in total. The van der Waals surface area contributed by atoms with Crippen LogP contribution in [-0.4, -0.2) is 0 Å². The number of unbranched alkanes of at least 4 members (excludes halogenated alkanes) is 1. The first kappa shape index (κ1) is 16.3. The number of hydrogen-bond acceptors (Lipinski definition) is 2. The maximum absolute atomic E-state index is 8.64. The summed E-state index contributed by atoms with van der Waals surface area (Å²) >= 11 is 0. The van der Waals surface area contributed by atoms with Crippen LogP contribution in [0.5, 0.6) is 0 Å². The fourth-order valence-electron chi connectivity index (χ4n) is 2.18. The molecule has 1 aromatic rings. The third kappa shape index (κ3) is 6.43. The van der Waals surface area contributed by atoms with Crippen molar-refractivity contribution in [2.24, 2.45) is 5.92 Å². The van der Waals surface area contributed by atoms with Gasteiger partial charge in [-0.3, -0.25) is 0 Å². The van der Waals surface area contributed by atoms with Crippen molar-refractivity contribution in [2.75, 3.05) is 5.32 Å². The van der Waals surface area contributed by atoms with Gasteiger partial charge in [0, 0.05) is 11.4 Å². The maximum Gasteiger partial charge on any atom is 0.0669 e. The van der Waals surface area contributed by atoms with Gasteiger partial charge in [0.05, 0.1) is 12.5 Å². The van der Waals surface area contributed by atoms with Gasteiger partial charge in [-0.15, -0.1) is 0 Å². The number of allylic oxidation sites excluding steroid dienone is 1. The molecule has 1 atom stereocenters. The third-order valence-electron chi connectivity index (χ3n) is 3.55. The second-order valence-electron chi connectivity index (χ2n) is 5.55. The monoisotopic (exact) mass is 270 g/mol. The SMILES string of the molecule is C=C(CC[C@H](C)CCCC)Nc1ccc(CC#N)cc1. The van der Waals surface area contributed by atoms with E-state index < -0.39 is 0 Å². The first-order valence-electron chi connectivity index (χ1n) is 7.56. The van der Waals surface area contributed by atoms with Crippen molar-refractivity contribution in [3.63, 3.8) is 0 Å². The summed E-state index contributed by atoms with van der Waals surface area (Å²) < 4.78 is 0. The van der Waals surface area contributed by atoms with Gasteiger partial charge in [0.15, 0.2) is 0 Å². The molecule has 0 spiro atoms. The Kier molecular flexibility index (Phi) is 7.50. The summed E-state index contributed by atoms with van der Waals surface area (Å²) in [5.41, 5.74) is 3.18. The molecule has 0 aromatic heterocycles. The van der Waals surface area contributed by atoms with Crippen LogP contribution in [0.4, 0.5) is 5.69 Å². The van der Waals surface area contributed by atoms with Crippen molar-refractivity contribution in [3.05, 3.63) is 42.1 Å². The molecule has 0 bridgehead atoms. The predicted octanol–water partition coefficient (Wildman–Crippen LogP) is 5.28. The molecule has 20 heavy (non-hydrogen) atoms. The lowest BCUT2D eigenvalue weighted by atomic mass is 9.98. The summed E-state index contributed by atoms with van der Waals surface area (Å²) in [5, 5.41) is 12.0. The number of hydrogen-bond donors (Lipinski definition) is 1. The normalized spacial score (nSPS) is 11.7. The van der Waals surface area contributed by atoms with Gasteiger partial charge in [-0.2, -0.15) is 5.26 Å². The van der Waals surface area contributed by atoms with Crippen molar-refractivity contribution in [1.29, 1.82) is 5.26 Å². The Morgan fingerprint density at radius 1 is 1.30 bits per heavy atom. The molecule has 0 saturated heterocycles. The van der Waals surface area contributed by atoms with Gasteiger partial charge in [0.1, 0.15) is 0 Å². The van der Waals surface area contributed by atoms with Crippen LogP contribution in [0.1, 0.15) is 51.5 Å². The molecule has 108 valence electrons. The first-order chi connectivity index (χ1) is 9.65. The molecular weight excluding hydrogens is 244 g/mol. The molecule has 0 amide bonds. The minimum atomic E-state index is 0.468. The summed E-state index contributed by atoms with van der Waals surface area (Å²) in [6.07, 6.45) is 6.59. The number of benzene rings is 1. The van der Waals surface area contributed by atoms with E-state index >= 15 is 0 Å². The van der Waals surface area contributed by atoms with E-state index in [9.17, 15) is 0 Å². The Balaban J connectivity index is 2.33. The fraction of sp³-hybridized carbons (Fsp3) is 0.500. The van der Waals surface area contributed by atoms with Crippen LogP contribution in [0.2, 0.25) is 0 Å². The second kappa shape index (κ2) is 9.20. The van der Waals surface area contributed by atoms with Crippen LogP contribution >= 0.6 is 0 Å². The van der Waals surface area contributed by atoms with Gasteiger partial charge in [-0.05, 0) is 36.5 Å². The average molecular weight is 270 g/mol. The Labute approximate surface area is 123 Å². The summed E-state index contributed by atoms with van der Waals surface area (Å²) in [7, 11) is 0. The molecular formula is C18H26N2. The average Bonchev–Trinajstić information content (AvgIpc) is 2.45. The minimum Gasteiger partial charge on any atom is -0.359 e. The van der Waals surface area contributed by atoms with Crippen molar-refractivity contribution >= 4 is 5.69 Å². The summed E-state index contributed by atoms with van der Waals surface area (Å²) in [4.78, 5) is 0. The van der Waals surface area contributed by atoms with Crippen LogP contribution < -0.4 is 5.32 Å². The van der Waals surface area contributed by atoms with Crippen LogP contribution in [0.15, 0.2) is 36.5 Å². The molecule has 0 radical (unpaired) electrons. The molecule has 0 heterocycles. The predicted molar refractivity (Wildman–Crippen MR) is 86.4 cm³/mol. The zero-order chi connectivity index (χ0) is 14.8. The summed E-state index contributed by atoms with van der Waals surface area (Å²) in [5.74, 6) is 0.770. The van der Waals surface area contributed by atoms with Gasteiger partial charge in [-0.1, -0.05) is 51.8 Å². The second-order valence-corrected chi connectivity index (χ2v) is 5.55. The van der Waals surface area contributed by atoms with E-state index in [-0.39, 0.29) is 0 Å². The zero-order valence-electron chi connectivity index (χ0n) is 12.8. The number of anilines is 1. The summed E-state index contributed by atoms with van der Waals surface area (Å²) in [6.45, 7) is 8.66. The largest absolute Gasteiger partial charge is 0.359 e. The lowest BCUT2D eigenvalue weighted by Crippen LogP contribution is -2.02. The molecule has 1 aromatic carbocycles. The summed E-state index contributed by atoms with van der Waals surface area (Å²) in [6, 6.07) is 10.2. The van der Waals surface area contributed by atoms with Crippen molar-refractivity contribution < 1.29 is 0 Å². The molecule has 2 heteroatoms. The Morgan fingerprint density at radius 3 is 2.60 bits per heavy atom. The molecule has 0 aliphatic heterocycles.